The molecule has 170 valence electrons. The lowest BCUT2D eigenvalue weighted by Crippen LogP contribution is -2.52. The van der Waals surface area contributed by atoms with Crippen LogP contribution in [0.1, 0.15) is 58.5 Å². The Morgan fingerprint density at radius 1 is 1.00 bits per heavy atom. The molecule has 0 radical (unpaired) electrons. The molecule has 2 aromatic rings. The number of anilines is 2. The van der Waals surface area contributed by atoms with E-state index in [2.05, 4.69) is 17.6 Å². The minimum absolute atomic E-state index is 0.165. The van der Waals surface area contributed by atoms with Crippen molar-refractivity contribution in [3.05, 3.63) is 58.7 Å². The number of ketones is 2. The van der Waals surface area contributed by atoms with Crippen LogP contribution in [0.4, 0.5) is 11.4 Å². The van der Waals surface area contributed by atoms with Crippen LogP contribution < -0.4 is 10.6 Å². The van der Waals surface area contributed by atoms with Gasteiger partial charge in [-0.05, 0) is 18.6 Å². The Bertz CT molecular complexity index is 1050. The van der Waals surface area contributed by atoms with E-state index in [1.807, 2.05) is 20.2 Å². The van der Waals surface area contributed by atoms with Gasteiger partial charge in [0.15, 0.2) is 11.6 Å². The molecule has 0 saturated heterocycles. The molecule has 7 nitrogen and oxygen atoms in total. The summed E-state index contributed by atoms with van der Waals surface area (Å²) in [6.07, 6.45) is 1.21. The van der Waals surface area contributed by atoms with Gasteiger partial charge in [-0.25, -0.2) is 0 Å². The molecule has 1 aliphatic rings. The van der Waals surface area contributed by atoms with Crippen molar-refractivity contribution >= 4 is 28.9 Å². The van der Waals surface area contributed by atoms with Crippen LogP contribution in [0.5, 0.6) is 0 Å². The lowest BCUT2D eigenvalue weighted by molar-refractivity contribution is -0.935. The van der Waals surface area contributed by atoms with Crippen LogP contribution >= 0.6 is 0 Å². The van der Waals surface area contributed by atoms with Gasteiger partial charge in [0.25, 0.3) is 0 Å². The number of carbonyl (C=O) groups is 3. The van der Waals surface area contributed by atoms with Gasteiger partial charge < -0.3 is 15.4 Å². The maximum absolute atomic E-state index is 13.3. The zero-order chi connectivity index (χ0) is 23.5. The number of carbonyl (C=O) groups excluding carboxylic acids is 3. The molecular formula is C25H32N3O4+. The molecule has 0 bridgehead atoms. The van der Waals surface area contributed by atoms with Crippen molar-refractivity contribution < 1.29 is 23.6 Å². The maximum Gasteiger partial charge on any atom is 0.307 e. The first-order valence-electron chi connectivity index (χ1n) is 11.0. The number of benzene rings is 2. The number of nitrogens with zero attached hydrogens (tertiary/aromatic N) is 1. The van der Waals surface area contributed by atoms with E-state index in [-0.39, 0.29) is 23.8 Å². The van der Waals surface area contributed by atoms with Crippen molar-refractivity contribution in [2.45, 2.75) is 32.9 Å². The highest BCUT2D eigenvalue weighted by Gasteiger charge is 2.34. The summed E-state index contributed by atoms with van der Waals surface area (Å²) in [4.78, 5) is 38.2. The fourth-order valence-electron chi connectivity index (χ4n) is 4.37. The first-order chi connectivity index (χ1) is 15.2. The third kappa shape index (κ3) is 4.53. The van der Waals surface area contributed by atoms with Crippen molar-refractivity contribution in [3.8, 4) is 0 Å². The highest BCUT2D eigenvalue weighted by molar-refractivity contribution is 6.31. The molecule has 2 aromatic carbocycles. The number of hydrogen-bond acceptors (Lipinski definition) is 6. The van der Waals surface area contributed by atoms with Crippen molar-refractivity contribution in [1.29, 1.82) is 0 Å². The minimum Gasteiger partial charge on any atom is -0.413 e. The number of esters is 1. The van der Waals surface area contributed by atoms with Crippen LogP contribution in [0.2, 0.25) is 0 Å². The average molecular weight is 439 g/mol. The Labute approximate surface area is 189 Å². The Morgan fingerprint density at radius 2 is 1.56 bits per heavy atom. The number of ether oxygens (including phenoxy) is 1. The maximum atomic E-state index is 13.3. The highest BCUT2D eigenvalue weighted by Crippen LogP contribution is 2.36. The van der Waals surface area contributed by atoms with Gasteiger partial charge in [0.2, 0.25) is 6.23 Å². The lowest BCUT2D eigenvalue weighted by atomic mass is 9.82. The fraction of sp³-hybridized carbons (Fsp3) is 0.400. The summed E-state index contributed by atoms with van der Waals surface area (Å²) >= 11 is 0. The molecule has 0 saturated carbocycles. The topological polar surface area (TPSA) is 84.5 Å². The standard InChI is InChI=1S/C25H31N3O4/c1-6-15-28(4,5)21(32-16(2)29)13-14-27-20-12-11-19(26-3)22-23(20)25(31)18-10-8-7-9-17(18)24(22)30/h7-12,21H,6,13-15H2,1-5H3,(H-,26,27,30,31)/p+1. The summed E-state index contributed by atoms with van der Waals surface area (Å²) < 4.78 is 6.16. The molecule has 0 aromatic heterocycles. The summed E-state index contributed by atoms with van der Waals surface area (Å²) in [5.74, 6) is -0.652. The smallest absolute Gasteiger partial charge is 0.307 e. The van der Waals surface area contributed by atoms with E-state index in [0.717, 1.165) is 13.0 Å². The number of hydrogen-bond donors (Lipinski definition) is 2. The highest BCUT2D eigenvalue weighted by atomic mass is 16.6. The van der Waals surface area contributed by atoms with Gasteiger partial charge in [-0.15, -0.1) is 0 Å². The summed E-state index contributed by atoms with van der Waals surface area (Å²) in [5.41, 5.74) is 2.84. The minimum atomic E-state index is -0.314. The van der Waals surface area contributed by atoms with E-state index in [0.29, 0.717) is 51.1 Å². The molecule has 2 N–H and O–H groups in total. The normalized spacial score (nSPS) is 13.8. The van der Waals surface area contributed by atoms with Crippen LogP contribution in [-0.4, -0.2) is 62.5 Å². The molecule has 1 atom stereocenters. The van der Waals surface area contributed by atoms with Crippen LogP contribution in [0.3, 0.4) is 0 Å². The quantitative estimate of drug-likeness (QED) is 0.301. The van der Waals surface area contributed by atoms with Crippen LogP contribution in [0.25, 0.3) is 0 Å². The van der Waals surface area contributed by atoms with E-state index in [4.69, 9.17) is 4.74 Å². The summed E-state index contributed by atoms with van der Waals surface area (Å²) in [7, 11) is 5.82. The van der Waals surface area contributed by atoms with Gasteiger partial charge >= 0.3 is 5.97 Å². The largest absolute Gasteiger partial charge is 0.413 e. The van der Waals surface area contributed by atoms with Gasteiger partial charge in [-0.3, -0.25) is 18.9 Å². The van der Waals surface area contributed by atoms with Gasteiger partial charge in [-0.2, -0.15) is 0 Å². The second-order valence-corrected chi connectivity index (χ2v) is 8.65. The van der Waals surface area contributed by atoms with E-state index < -0.39 is 0 Å². The third-order valence-corrected chi connectivity index (χ3v) is 5.93. The third-order valence-electron chi connectivity index (χ3n) is 5.93. The molecule has 0 spiro atoms. The zero-order valence-electron chi connectivity index (χ0n) is 19.5. The molecule has 7 heteroatoms. The molecule has 0 heterocycles. The van der Waals surface area contributed by atoms with E-state index in [1.165, 1.54) is 6.92 Å². The Kier molecular flexibility index (Phi) is 6.99. The second-order valence-electron chi connectivity index (χ2n) is 8.65. The summed E-state index contributed by atoms with van der Waals surface area (Å²) in [6.45, 7) is 4.87. The summed E-state index contributed by atoms with van der Waals surface area (Å²) in [5, 5.41) is 6.35. The molecule has 32 heavy (non-hydrogen) atoms. The lowest BCUT2D eigenvalue weighted by Gasteiger charge is -2.36. The van der Waals surface area contributed by atoms with Gasteiger partial charge in [0, 0.05) is 43.0 Å². The van der Waals surface area contributed by atoms with E-state index >= 15 is 0 Å². The number of quaternary nitrogens is 1. The molecule has 1 aliphatic carbocycles. The van der Waals surface area contributed by atoms with Crippen LogP contribution in [0, 0.1) is 0 Å². The SMILES string of the molecule is CCC[N+](C)(C)C(CCNc1ccc(NC)c2c1C(=O)c1ccccc1C2=O)OC(C)=O. The molecule has 0 fully saturated rings. The summed E-state index contributed by atoms with van der Waals surface area (Å²) in [6, 6.07) is 10.5. The van der Waals surface area contributed by atoms with Crippen molar-refractivity contribution in [1.82, 2.24) is 0 Å². The predicted molar refractivity (Wildman–Crippen MR) is 125 cm³/mol. The van der Waals surface area contributed by atoms with Crippen molar-refractivity contribution in [2.75, 3.05) is 44.9 Å². The zero-order valence-corrected chi connectivity index (χ0v) is 19.5. The molecular weight excluding hydrogens is 406 g/mol. The van der Waals surface area contributed by atoms with Crippen LogP contribution in [0.15, 0.2) is 36.4 Å². The predicted octanol–water partition coefficient (Wildman–Crippen LogP) is 3.68. The monoisotopic (exact) mass is 438 g/mol. The van der Waals surface area contributed by atoms with Crippen molar-refractivity contribution in [3.63, 3.8) is 0 Å². The van der Waals surface area contributed by atoms with Gasteiger partial charge in [0.05, 0.1) is 38.2 Å². The fourth-order valence-corrected chi connectivity index (χ4v) is 4.37. The van der Waals surface area contributed by atoms with E-state index in [9.17, 15) is 14.4 Å². The molecule has 0 amide bonds. The molecule has 3 rings (SSSR count). The second kappa shape index (κ2) is 9.53. The Hall–Kier alpha value is -3.19. The first kappa shape index (κ1) is 23.5. The Morgan fingerprint density at radius 3 is 2.09 bits per heavy atom. The number of rotatable bonds is 9. The molecule has 1 unspecified atom stereocenters. The van der Waals surface area contributed by atoms with Gasteiger partial charge in [-0.1, -0.05) is 31.2 Å². The van der Waals surface area contributed by atoms with Gasteiger partial charge in [0.1, 0.15) is 0 Å². The number of fused-ring (bicyclic) bond motifs is 2. The number of nitrogens with one attached hydrogen (secondary N) is 2. The first-order valence-corrected chi connectivity index (χ1v) is 11.0. The van der Waals surface area contributed by atoms with Crippen LogP contribution in [-0.2, 0) is 9.53 Å². The van der Waals surface area contributed by atoms with E-state index in [1.54, 1.807) is 37.4 Å². The van der Waals surface area contributed by atoms with Crippen molar-refractivity contribution in [2.24, 2.45) is 0 Å². The average Bonchev–Trinajstić information content (AvgIpc) is 2.76. The molecule has 0 aliphatic heterocycles. The Balaban J connectivity index is 1.89.